The van der Waals surface area contributed by atoms with Crippen LogP contribution in [0.4, 0.5) is 18.0 Å². The van der Waals surface area contributed by atoms with Crippen molar-refractivity contribution in [2.24, 2.45) is 5.73 Å². The highest BCUT2D eigenvalue weighted by Crippen LogP contribution is 2.31. The Hall–Kier alpha value is -3.04. The summed E-state index contributed by atoms with van der Waals surface area (Å²) < 4.78 is 31.7. The fourth-order valence-electron chi connectivity index (χ4n) is 3.18. The predicted octanol–water partition coefficient (Wildman–Crippen LogP) is 2.77. The third kappa shape index (κ3) is 6.23. The normalized spacial score (nSPS) is 17.2. The molecule has 0 atom stereocenters. The highest BCUT2D eigenvalue weighted by atomic mass is 19.4. The Bertz CT molecular complexity index is 811. The van der Waals surface area contributed by atoms with Crippen LogP contribution in [0, 0.1) is 0 Å². The van der Waals surface area contributed by atoms with Crippen molar-refractivity contribution >= 4 is 23.5 Å². The minimum absolute atomic E-state index is 0.125. The number of urea groups is 1. The van der Waals surface area contributed by atoms with Crippen molar-refractivity contribution in [3.05, 3.63) is 41.0 Å². The number of primary amides is 1. The second-order valence-electron chi connectivity index (χ2n) is 6.74. The van der Waals surface area contributed by atoms with Crippen LogP contribution in [-0.2, 0) is 4.79 Å². The van der Waals surface area contributed by atoms with Crippen LogP contribution in [0.15, 0.2) is 24.3 Å². The lowest BCUT2D eigenvalue weighted by atomic mass is 9.87. The topological polar surface area (TPSA) is 122 Å². The van der Waals surface area contributed by atoms with Gasteiger partial charge in [-0.3, -0.25) is 4.79 Å². The summed E-state index contributed by atoms with van der Waals surface area (Å²) >= 11 is 0. The van der Waals surface area contributed by atoms with Gasteiger partial charge >= 0.3 is 18.2 Å². The first kappa shape index (κ1) is 22.3. The molecular weight excluding hydrogens is 391 g/mol. The van der Waals surface area contributed by atoms with Crippen molar-refractivity contribution in [3.8, 4) is 0 Å². The van der Waals surface area contributed by atoms with Gasteiger partial charge in [-0.1, -0.05) is 18.2 Å². The van der Waals surface area contributed by atoms with E-state index in [9.17, 15) is 22.8 Å². The van der Waals surface area contributed by atoms with Gasteiger partial charge in [0.1, 0.15) is 0 Å². The molecule has 3 rings (SSSR count). The Morgan fingerprint density at radius 3 is 2.24 bits per heavy atom. The van der Waals surface area contributed by atoms with Crippen LogP contribution in [0.3, 0.4) is 0 Å². The van der Waals surface area contributed by atoms with E-state index < -0.39 is 12.1 Å². The zero-order valence-electron chi connectivity index (χ0n) is 15.5. The van der Waals surface area contributed by atoms with Crippen molar-refractivity contribution < 1.29 is 32.7 Å². The van der Waals surface area contributed by atoms with E-state index in [1.165, 1.54) is 12.0 Å². The van der Waals surface area contributed by atoms with Crippen molar-refractivity contribution in [1.82, 2.24) is 10.6 Å². The molecule has 0 unspecified atom stereocenters. The van der Waals surface area contributed by atoms with Gasteiger partial charge in [-0.2, -0.15) is 13.2 Å². The van der Waals surface area contributed by atoms with Gasteiger partial charge in [0.15, 0.2) is 0 Å². The molecule has 158 valence electrons. The lowest BCUT2D eigenvalue weighted by Crippen LogP contribution is -2.47. The summed E-state index contributed by atoms with van der Waals surface area (Å²) in [4.78, 5) is 31.8. The van der Waals surface area contributed by atoms with Crippen molar-refractivity contribution in [1.29, 1.82) is 0 Å². The Morgan fingerprint density at radius 2 is 1.76 bits per heavy atom. The molecule has 1 aliphatic carbocycles. The Labute approximate surface area is 165 Å². The average Bonchev–Trinajstić information content (AvgIpc) is 2.68. The standard InChI is InChI=1S/C17H21N3O2.C2HF3O2/c18-16(21)14-7-6-12(13-9-19-17(22)20-10-13)8-15(14)11-4-2-1-3-5-11;3-2(4,5)1(6)7/h4,6-8,13H,1-3,5,9-10H2,(H2,18,21)(H2,19,20,22);(H,6,7). The number of halogens is 3. The molecule has 10 heteroatoms. The highest BCUT2D eigenvalue weighted by molar-refractivity contribution is 5.98. The molecule has 29 heavy (non-hydrogen) atoms. The maximum atomic E-state index is 11.7. The third-order valence-corrected chi connectivity index (χ3v) is 4.68. The first-order valence-corrected chi connectivity index (χ1v) is 9.04. The quantitative estimate of drug-likeness (QED) is 0.609. The number of carbonyl (C=O) groups is 3. The van der Waals surface area contributed by atoms with Gasteiger partial charge < -0.3 is 21.5 Å². The van der Waals surface area contributed by atoms with Crippen LogP contribution in [0.25, 0.3) is 5.57 Å². The first-order valence-electron chi connectivity index (χ1n) is 9.04. The highest BCUT2D eigenvalue weighted by Gasteiger charge is 2.38. The van der Waals surface area contributed by atoms with Crippen molar-refractivity contribution in [3.63, 3.8) is 0 Å². The third-order valence-electron chi connectivity index (χ3n) is 4.68. The van der Waals surface area contributed by atoms with Gasteiger partial charge in [0.25, 0.3) is 0 Å². The number of rotatable bonds is 3. The average molecular weight is 413 g/mol. The van der Waals surface area contributed by atoms with Crippen LogP contribution in [-0.4, -0.2) is 42.3 Å². The number of allylic oxidation sites excluding steroid dienone is 2. The molecule has 0 radical (unpaired) electrons. The van der Waals surface area contributed by atoms with E-state index in [1.807, 2.05) is 12.1 Å². The number of hydrogen-bond donors (Lipinski definition) is 4. The number of carboxylic acid groups (broad SMARTS) is 1. The SMILES string of the molecule is NC(=O)c1ccc(C2CNC(=O)NC2)cc1C1=CCCCC1.O=C(O)C(F)(F)F. The lowest BCUT2D eigenvalue weighted by Gasteiger charge is -2.25. The van der Waals surface area contributed by atoms with E-state index >= 15 is 0 Å². The molecule has 1 fully saturated rings. The molecule has 2 aliphatic rings. The van der Waals surface area contributed by atoms with Crippen LogP contribution >= 0.6 is 0 Å². The minimum Gasteiger partial charge on any atom is -0.475 e. The number of alkyl halides is 3. The van der Waals surface area contributed by atoms with Gasteiger partial charge in [-0.15, -0.1) is 0 Å². The van der Waals surface area contributed by atoms with Gasteiger partial charge in [-0.25, -0.2) is 9.59 Å². The minimum atomic E-state index is -5.08. The summed E-state index contributed by atoms with van der Waals surface area (Å²) in [5.74, 6) is -2.93. The molecule has 0 spiro atoms. The van der Waals surface area contributed by atoms with Gasteiger partial charge in [0.2, 0.25) is 5.91 Å². The monoisotopic (exact) mass is 413 g/mol. The fourth-order valence-corrected chi connectivity index (χ4v) is 3.18. The molecule has 1 aromatic carbocycles. The predicted molar refractivity (Wildman–Crippen MR) is 99.2 cm³/mol. The molecular formula is C19H22F3N3O4. The number of benzene rings is 1. The van der Waals surface area contributed by atoms with E-state index in [4.69, 9.17) is 15.6 Å². The van der Waals surface area contributed by atoms with E-state index in [0.29, 0.717) is 18.7 Å². The van der Waals surface area contributed by atoms with Gasteiger partial charge in [0.05, 0.1) is 0 Å². The molecule has 0 aromatic heterocycles. The molecule has 1 aromatic rings. The first-order chi connectivity index (χ1) is 13.6. The number of carbonyl (C=O) groups excluding carboxylic acids is 2. The number of nitrogens with one attached hydrogen (secondary N) is 2. The van der Waals surface area contributed by atoms with Gasteiger partial charge in [0, 0.05) is 24.6 Å². The second-order valence-corrected chi connectivity index (χ2v) is 6.74. The largest absolute Gasteiger partial charge is 0.490 e. The van der Waals surface area contributed by atoms with Crippen LogP contribution in [0.1, 0.15) is 53.1 Å². The van der Waals surface area contributed by atoms with Crippen molar-refractivity contribution in [2.75, 3.05) is 13.1 Å². The van der Waals surface area contributed by atoms with Crippen LogP contribution in [0.5, 0.6) is 0 Å². The molecule has 0 bridgehead atoms. The van der Waals surface area contributed by atoms with Gasteiger partial charge in [-0.05, 0) is 48.4 Å². The summed E-state index contributed by atoms with van der Waals surface area (Å²) in [6.45, 7) is 1.22. The summed E-state index contributed by atoms with van der Waals surface area (Å²) in [5.41, 5.74) is 9.42. The Kier molecular flexibility index (Phi) is 7.24. The molecule has 7 nitrogen and oxygen atoms in total. The summed E-state index contributed by atoms with van der Waals surface area (Å²) in [6.07, 6.45) is 1.53. The molecule has 1 saturated heterocycles. The zero-order valence-corrected chi connectivity index (χ0v) is 15.5. The maximum Gasteiger partial charge on any atom is 0.490 e. The number of nitrogens with two attached hydrogens (primary N) is 1. The molecule has 1 heterocycles. The Morgan fingerprint density at radius 1 is 1.14 bits per heavy atom. The van der Waals surface area contributed by atoms with E-state index in [1.54, 1.807) is 0 Å². The van der Waals surface area contributed by atoms with E-state index in [0.717, 1.165) is 30.4 Å². The van der Waals surface area contributed by atoms with Crippen LogP contribution in [0.2, 0.25) is 0 Å². The lowest BCUT2D eigenvalue weighted by molar-refractivity contribution is -0.192. The molecule has 3 amide bonds. The number of amides is 3. The summed E-state index contributed by atoms with van der Waals surface area (Å²) in [5, 5.41) is 12.7. The van der Waals surface area contributed by atoms with E-state index in [2.05, 4.69) is 22.8 Å². The molecule has 1 aliphatic heterocycles. The molecule has 5 N–H and O–H groups in total. The van der Waals surface area contributed by atoms with Crippen molar-refractivity contribution in [2.45, 2.75) is 37.8 Å². The summed E-state index contributed by atoms with van der Waals surface area (Å²) in [7, 11) is 0. The zero-order chi connectivity index (χ0) is 21.6. The summed E-state index contributed by atoms with van der Waals surface area (Å²) in [6, 6.07) is 5.71. The van der Waals surface area contributed by atoms with E-state index in [-0.39, 0.29) is 17.9 Å². The smallest absolute Gasteiger partial charge is 0.475 e. The number of hydrogen-bond acceptors (Lipinski definition) is 3. The number of carboxylic acids is 1. The van der Waals surface area contributed by atoms with Crippen LogP contribution < -0.4 is 16.4 Å². The maximum absolute atomic E-state index is 11.7. The fraction of sp³-hybridized carbons (Fsp3) is 0.421. The second kappa shape index (κ2) is 9.44. The Balaban J connectivity index is 0.000000370. The molecule has 0 saturated carbocycles. The number of aliphatic carboxylic acids is 1.